The molecule has 12 nitrogen and oxygen atoms in total. The summed E-state index contributed by atoms with van der Waals surface area (Å²) in [6.45, 7) is 3.33. The van der Waals surface area contributed by atoms with Crippen LogP contribution >= 0.6 is 23.1 Å². The molecular formula is C29H28N6O6S3. The Hall–Kier alpha value is -4.08. The lowest BCUT2D eigenvalue weighted by Crippen LogP contribution is -2.59. The Morgan fingerprint density at radius 1 is 1.09 bits per heavy atom. The van der Waals surface area contributed by atoms with E-state index in [1.807, 2.05) is 30.3 Å². The number of amides is 1. The quantitative estimate of drug-likeness (QED) is 0.107. The van der Waals surface area contributed by atoms with Gasteiger partial charge in [0.25, 0.3) is 5.91 Å². The van der Waals surface area contributed by atoms with Crippen LogP contribution in [-0.4, -0.2) is 79.4 Å². The number of hydrogen-bond acceptors (Lipinski definition) is 12. The SMILES string of the molecule is COc1ccc(COC(=O)[C@@H]2N3C(=O)/C(=C\c4cn(CCSc5nnc(-c6ccccc6)s5)nn4)[C@H]3S(=O)(=O)C2(C)C)cc1. The minimum absolute atomic E-state index is 0.0484. The summed E-state index contributed by atoms with van der Waals surface area (Å²) in [6.07, 6.45) is 3.07. The van der Waals surface area contributed by atoms with E-state index >= 15 is 0 Å². The number of methoxy groups -OCH3 is 1. The van der Waals surface area contributed by atoms with Crippen molar-refractivity contribution in [2.45, 2.75) is 47.5 Å². The van der Waals surface area contributed by atoms with Crippen molar-refractivity contribution >= 4 is 50.9 Å². The van der Waals surface area contributed by atoms with E-state index in [4.69, 9.17) is 9.47 Å². The van der Waals surface area contributed by atoms with Gasteiger partial charge in [0.1, 0.15) is 27.8 Å². The molecule has 0 saturated carbocycles. The molecule has 4 aromatic rings. The maximum absolute atomic E-state index is 13.5. The molecule has 228 valence electrons. The number of benzene rings is 2. The Bertz CT molecular complexity index is 1840. The molecule has 2 aromatic heterocycles. The molecule has 2 saturated heterocycles. The number of esters is 1. The fourth-order valence-corrected chi connectivity index (χ4v) is 9.09. The maximum Gasteiger partial charge on any atom is 0.330 e. The molecule has 4 heterocycles. The van der Waals surface area contributed by atoms with Gasteiger partial charge in [0.05, 0.1) is 25.4 Å². The highest BCUT2D eigenvalue weighted by Gasteiger charge is 2.70. The third kappa shape index (κ3) is 5.39. The van der Waals surface area contributed by atoms with Crippen LogP contribution in [-0.2, 0) is 37.3 Å². The molecular weight excluding hydrogens is 625 g/mol. The molecule has 0 unspecified atom stereocenters. The van der Waals surface area contributed by atoms with Gasteiger partial charge in [-0.1, -0.05) is 70.8 Å². The Morgan fingerprint density at radius 3 is 2.57 bits per heavy atom. The van der Waals surface area contributed by atoms with Crippen LogP contribution in [0.1, 0.15) is 25.1 Å². The molecule has 15 heteroatoms. The van der Waals surface area contributed by atoms with Crippen LogP contribution in [0.25, 0.3) is 16.6 Å². The number of carbonyl (C=O) groups is 2. The lowest BCUT2D eigenvalue weighted by Gasteiger charge is -2.38. The van der Waals surface area contributed by atoms with Gasteiger partial charge in [-0.2, -0.15) is 0 Å². The smallest absolute Gasteiger partial charge is 0.330 e. The normalized spacial score (nSPS) is 20.8. The van der Waals surface area contributed by atoms with Crippen molar-refractivity contribution in [1.29, 1.82) is 0 Å². The molecule has 2 fully saturated rings. The standard InChI is InChI=1S/C29H28N6O6S3/c1-29(2)23(27(37)41-17-18-9-11-21(40-3)12-10-18)35-25(36)22(26(35)44(29,38)39)15-20-16-34(33-30-20)13-14-42-28-32-31-24(43-28)19-7-5-4-6-8-19/h4-12,15-16,23,26H,13-14,17H2,1-3H3/b22-15+/t23-,26+/m0/s1. The van der Waals surface area contributed by atoms with Gasteiger partial charge in [0, 0.05) is 11.3 Å². The molecule has 2 aliphatic heterocycles. The largest absolute Gasteiger partial charge is 0.497 e. The van der Waals surface area contributed by atoms with Gasteiger partial charge in [0.2, 0.25) is 0 Å². The minimum atomic E-state index is -3.96. The highest BCUT2D eigenvalue weighted by atomic mass is 32.2. The molecule has 44 heavy (non-hydrogen) atoms. The lowest BCUT2D eigenvalue weighted by molar-refractivity contribution is -0.158. The monoisotopic (exact) mass is 652 g/mol. The summed E-state index contributed by atoms with van der Waals surface area (Å²) < 4.78 is 38.6. The van der Waals surface area contributed by atoms with Crippen molar-refractivity contribution in [2.24, 2.45) is 0 Å². The molecule has 0 spiro atoms. The summed E-state index contributed by atoms with van der Waals surface area (Å²) in [5, 5.41) is 16.3. The molecule has 0 radical (unpaired) electrons. The zero-order valence-corrected chi connectivity index (χ0v) is 26.4. The van der Waals surface area contributed by atoms with Crippen LogP contribution in [0, 0.1) is 0 Å². The van der Waals surface area contributed by atoms with Crippen molar-refractivity contribution in [3.8, 4) is 16.3 Å². The van der Waals surface area contributed by atoms with E-state index in [1.54, 1.807) is 54.0 Å². The summed E-state index contributed by atoms with van der Waals surface area (Å²) in [5.74, 6) is -0.0208. The first-order chi connectivity index (χ1) is 21.1. The number of aromatic nitrogens is 5. The van der Waals surface area contributed by atoms with Crippen molar-refractivity contribution in [3.05, 3.63) is 77.6 Å². The van der Waals surface area contributed by atoms with E-state index in [0.717, 1.165) is 19.8 Å². The van der Waals surface area contributed by atoms with Gasteiger partial charge in [-0.15, -0.1) is 15.3 Å². The molecule has 0 N–H and O–H groups in total. The van der Waals surface area contributed by atoms with Gasteiger partial charge in [0.15, 0.2) is 25.6 Å². The van der Waals surface area contributed by atoms with Crippen molar-refractivity contribution < 1.29 is 27.5 Å². The van der Waals surface area contributed by atoms with E-state index in [9.17, 15) is 18.0 Å². The molecule has 1 amide bonds. The number of β-lactam (4-membered cyclic amide) rings is 1. The first-order valence-corrected chi connectivity index (χ1v) is 16.9. The molecule has 6 rings (SSSR count). The summed E-state index contributed by atoms with van der Waals surface area (Å²) in [5.41, 5.74) is 2.11. The third-order valence-electron chi connectivity index (χ3n) is 7.56. The van der Waals surface area contributed by atoms with Gasteiger partial charge in [-0.25, -0.2) is 13.2 Å². The first-order valence-electron chi connectivity index (χ1n) is 13.6. The molecule has 2 aromatic carbocycles. The van der Waals surface area contributed by atoms with E-state index < -0.39 is 37.9 Å². The number of ether oxygens (including phenoxy) is 2. The van der Waals surface area contributed by atoms with Crippen molar-refractivity contribution in [3.63, 3.8) is 0 Å². The van der Waals surface area contributed by atoms with Gasteiger partial charge < -0.3 is 14.4 Å². The average Bonchev–Trinajstić information content (AvgIpc) is 3.72. The second-order valence-corrected chi connectivity index (χ2v) is 15.6. The maximum atomic E-state index is 13.5. The number of carbonyl (C=O) groups excluding carboxylic acids is 2. The summed E-state index contributed by atoms with van der Waals surface area (Å²) in [7, 11) is -2.41. The topological polar surface area (TPSA) is 146 Å². The van der Waals surface area contributed by atoms with E-state index in [-0.39, 0.29) is 12.2 Å². The third-order valence-corrected chi connectivity index (χ3v) is 12.4. The fraction of sp³-hybridized carbons (Fsp3) is 0.310. The number of hydrogen-bond donors (Lipinski definition) is 0. The van der Waals surface area contributed by atoms with Crippen LogP contribution in [0.5, 0.6) is 5.75 Å². The average molecular weight is 653 g/mol. The number of thioether (sulfide) groups is 1. The number of sulfone groups is 1. The Labute approximate surface area is 262 Å². The van der Waals surface area contributed by atoms with Crippen LogP contribution in [0.4, 0.5) is 0 Å². The van der Waals surface area contributed by atoms with Crippen LogP contribution in [0.15, 0.2) is 70.7 Å². The van der Waals surface area contributed by atoms with Crippen molar-refractivity contribution in [1.82, 2.24) is 30.1 Å². The van der Waals surface area contributed by atoms with Crippen molar-refractivity contribution in [2.75, 3.05) is 12.9 Å². The lowest BCUT2D eigenvalue weighted by atomic mass is 9.95. The second kappa shape index (κ2) is 11.8. The van der Waals surface area contributed by atoms with E-state index in [2.05, 4.69) is 20.5 Å². The Morgan fingerprint density at radius 2 is 1.84 bits per heavy atom. The number of nitrogens with zero attached hydrogens (tertiary/aromatic N) is 6. The number of aryl methyl sites for hydroxylation is 1. The molecule has 0 bridgehead atoms. The van der Waals surface area contributed by atoms with Gasteiger partial charge in [-0.05, 0) is 37.6 Å². The van der Waals surface area contributed by atoms with Crippen LogP contribution in [0.2, 0.25) is 0 Å². The van der Waals surface area contributed by atoms with Crippen LogP contribution < -0.4 is 4.74 Å². The summed E-state index contributed by atoms with van der Waals surface area (Å²) >= 11 is 3.05. The fourth-order valence-electron chi connectivity index (χ4n) is 5.12. The van der Waals surface area contributed by atoms with Gasteiger partial charge >= 0.3 is 5.97 Å². The molecule has 0 aliphatic carbocycles. The predicted molar refractivity (Wildman–Crippen MR) is 164 cm³/mol. The first kappa shape index (κ1) is 30.0. The highest BCUT2D eigenvalue weighted by Crippen LogP contribution is 2.49. The van der Waals surface area contributed by atoms with Gasteiger partial charge in [-0.3, -0.25) is 9.48 Å². The Balaban J connectivity index is 1.10. The molecule has 2 atom stereocenters. The second-order valence-electron chi connectivity index (χ2n) is 10.7. The number of fused-ring (bicyclic) bond motifs is 1. The number of rotatable bonds is 10. The minimum Gasteiger partial charge on any atom is -0.497 e. The summed E-state index contributed by atoms with van der Waals surface area (Å²) in [6, 6.07) is 15.5. The van der Waals surface area contributed by atoms with E-state index in [0.29, 0.717) is 29.3 Å². The highest BCUT2D eigenvalue weighted by molar-refractivity contribution is 8.01. The zero-order valence-electron chi connectivity index (χ0n) is 24.0. The van der Waals surface area contributed by atoms with E-state index in [1.165, 1.54) is 31.3 Å². The van der Waals surface area contributed by atoms with Crippen LogP contribution in [0.3, 0.4) is 0 Å². The molecule has 2 aliphatic rings. The zero-order chi connectivity index (χ0) is 31.1. The summed E-state index contributed by atoms with van der Waals surface area (Å²) in [4.78, 5) is 27.5. The Kier molecular flexibility index (Phi) is 8.02. The predicted octanol–water partition coefficient (Wildman–Crippen LogP) is 3.47.